The molecule has 32 heavy (non-hydrogen) atoms. The third-order valence-corrected chi connectivity index (χ3v) is 5.48. The molecule has 1 aliphatic rings. The van der Waals surface area contributed by atoms with Crippen LogP contribution in [0.25, 0.3) is 11.1 Å². The summed E-state index contributed by atoms with van der Waals surface area (Å²) in [6, 6.07) is 17.1. The number of likely N-dealkylation sites (N-methyl/N-ethyl adjacent to an activating group) is 1. The minimum atomic E-state index is -1.33. The summed E-state index contributed by atoms with van der Waals surface area (Å²) in [5.41, 5.74) is 8.05. The minimum absolute atomic E-state index is 0.161. The highest BCUT2D eigenvalue weighted by Gasteiger charge is 2.50. The van der Waals surface area contributed by atoms with Crippen LogP contribution < -0.4 is 15.2 Å². The number of nitrogens with zero attached hydrogens (tertiary/aromatic N) is 3. The third kappa shape index (κ3) is 3.56. The van der Waals surface area contributed by atoms with E-state index in [0.29, 0.717) is 35.8 Å². The van der Waals surface area contributed by atoms with Crippen LogP contribution >= 0.6 is 0 Å². The van der Waals surface area contributed by atoms with Crippen molar-refractivity contribution in [2.45, 2.75) is 19.4 Å². The number of rotatable bonds is 7. The van der Waals surface area contributed by atoms with Gasteiger partial charge in [-0.1, -0.05) is 30.3 Å². The number of carbonyl (C=O) groups excluding carboxylic acids is 1. The largest absolute Gasteiger partial charge is 0.490 e. The summed E-state index contributed by atoms with van der Waals surface area (Å²) in [6.45, 7) is 4.78. The summed E-state index contributed by atoms with van der Waals surface area (Å²) in [4.78, 5) is 23.9. The van der Waals surface area contributed by atoms with Crippen molar-refractivity contribution in [3.63, 3.8) is 0 Å². The Labute approximate surface area is 187 Å². The summed E-state index contributed by atoms with van der Waals surface area (Å²) < 4.78 is 11.5. The Bertz CT molecular complexity index is 1160. The van der Waals surface area contributed by atoms with E-state index in [0.717, 1.165) is 11.1 Å². The molecule has 0 bridgehead atoms. The van der Waals surface area contributed by atoms with Gasteiger partial charge in [0.05, 0.1) is 13.2 Å². The molecule has 0 spiro atoms. The van der Waals surface area contributed by atoms with Crippen molar-refractivity contribution in [1.29, 1.82) is 0 Å². The summed E-state index contributed by atoms with van der Waals surface area (Å²) in [6.07, 6.45) is 3.51. The minimum Gasteiger partial charge on any atom is -0.490 e. The van der Waals surface area contributed by atoms with Gasteiger partial charge in [0.2, 0.25) is 0 Å². The number of aliphatic imine (C=N–C) groups is 1. The molecule has 164 valence electrons. The van der Waals surface area contributed by atoms with Crippen LogP contribution in [0.15, 0.2) is 72.0 Å². The molecule has 0 fully saturated rings. The number of hydrogen-bond donors (Lipinski definition) is 1. The molecular weight excluding hydrogens is 404 g/mol. The van der Waals surface area contributed by atoms with Crippen LogP contribution in [0.4, 0.5) is 0 Å². The maximum absolute atomic E-state index is 13.6. The Balaban J connectivity index is 1.92. The monoisotopic (exact) mass is 430 g/mol. The van der Waals surface area contributed by atoms with E-state index in [2.05, 4.69) is 4.98 Å². The molecule has 1 atom stereocenters. The zero-order valence-electron chi connectivity index (χ0n) is 18.4. The van der Waals surface area contributed by atoms with Gasteiger partial charge >= 0.3 is 0 Å². The Morgan fingerprint density at radius 1 is 0.938 bits per heavy atom. The number of aromatic nitrogens is 1. The molecule has 3 aromatic rings. The number of nitrogens with two attached hydrogens (primary N) is 1. The van der Waals surface area contributed by atoms with Crippen molar-refractivity contribution >= 4 is 11.9 Å². The Hall–Kier alpha value is -3.87. The molecule has 0 aliphatic carbocycles. The van der Waals surface area contributed by atoms with Gasteiger partial charge in [0, 0.05) is 19.4 Å². The maximum atomic E-state index is 13.6. The molecular formula is C25H26N4O3. The molecule has 1 aliphatic heterocycles. The zero-order chi connectivity index (χ0) is 22.7. The molecule has 7 heteroatoms. The molecule has 0 saturated carbocycles. The molecule has 2 heterocycles. The van der Waals surface area contributed by atoms with E-state index in [1.54, 1.807) is 19.4 Å². The fourth-order valence-electron chi connectivity index (χ4n) is 3.92. The standard InChI is InChI=1S/C25H26N4O3/c1-4-31-21-12-11-20(15-22(21)32-5-2)25(23(30)29(3)24(26)28-25)19-10-6-8-17(14-19)18-9-7-13-27-16-18/h6-16H,4-5H2,1-3H3,(H2,26,28). The Morgan fingerprint density at radius 2 is 1.66 bits per heavy atom. The number of ether oxygens (including phenoxy) is 2. The van der Waals surface area contributed by atoms with E-state index in [-0.39, 0.29) is 11.9 Å². The smallest absolute Gasteiger partial charge is 0.266 e. The number of guanidine groups is 1. The van der Waals surface area contributed by atoms with Crippen LogP contribution in [0.5, 0.6) is 11.5 Å². The van der Waals surface area contributed by atoms with Gasteiger partial charge in [0.15, 0.2) is 23.0 Å². The van der Waals surface area contributed by atoms with Crippen LogP contribution in [0.3, 0.4) is 0 Å². The van der Waals surface area contributed by atoms with Crippen molar-refractivity contribution in [2.75, 3.05) is 20.3 Å². The first-order valence-corrected chi connectivity index (χ1v) is 10.6. The molecule has 0 radical (unpaired) electrons. The normalized spacial score (nSPS) is 17.9. The van der Waals surface area contributed by atoms with Crippen molar-refractivity contribution in [1.82, 2.24) is 9.88 Å². The molecule has 1 amide bonds. The van der Waals surface area contributed by atoms with Crippen LogP contribution in [0.1, 0.15) is 25.0 Å². The quantitative estimate of drug-likeness (QED) is 0.619. The van der Waals surface area contributed by atoms with Crippen molar-refractivity contribution in [3.05, 3.63) is 78.1 Å². The van der Waals surface area contributed by atoms with Gasteiger partial charge in [0.25, 0.3) is 5.91 Å². The lowest BCUT2D eigenvalue weighted by Crippen LogP contribution is -2.41. The lowest BCUT2D eigenvalue weighted by molar-refractivity contribution is -0.129. The first-order chi connectivity index (χ1) is 15.5. The number of benzene rings is 2. The van der Waals surface area contributed by atoms with Gasteiger partial charge in [-0.3, -0.25) is 14.7 Å². The van der Waals surface area contributed by atoms with E-state index in [9.17, 15) is 4.79 Å². The van der Waals surface area contributed by atoms with E-state index < -0.39 is 5.54 Å². The van der Waals surface area contributed by atoms with Gasteiger partial charge < -0.3 is 15.2 Å². The van der Waals surface area contributed by atoms with Gasteiger partial charge in [-0.05, 0) is 60.4 Å². The second-order valence-electron chi connectivity index (χ2n) is 7.39. The molecule has 7 nitrogen and oxygen atoms in total. The number of carbonyl (C=O) groups is 1. The van der Waals surface area contributed by atoms with Gasteiger partial charge in [-0.15, -0.1) is 0 Å². The van der Waals surface area contributed by atoms with Crippen molar-refractivity contribution in [2.24, 2.45) is 10.7 Å². The number of hydrogen-bond acceptors (Lipinski definition) is 6. The first-order valence-electron chi connectivity index (χ1n) is 10.6. The Morgan fingerprint density at radius 3 is 2.31 bits per heavy atom. The summed E-state index contributed by atoms with van der Waals surface area (Å²) in [5, 5.41) is 0. The number of pyridine rings is 1. The highest BCUT2D eigenvalue weighted by molar-refractivity contribution is 6.09. The Kier molecular flexibility index (Phi) is 5.81. The predicted octanol–water partition coefficient (Wildman–Crippen LogP) is 3.58. The SMILES string of the molecule is CCOc1ccc(C2(c3cccc(-c4cccnc4)c3)N=C(N)N(C)C2=O)cc1OCC. The molecule has 0 saturated heterocycles. The molecule has 2 N–H and O–H groups in total. The fraction of sp³-hybridized carbons (Fsp3) is 0.240. The molecule has 2 aromatic carbocycles. The highest BCUT2D eigenvalue weighted by Crippen LogP contribution is 2.43. The average molecular weight is 431 g/mol. The molecule has 4 rings (SSSR count). The second kappa shape index (κ2) is 8.70. The highest BCUT2D eigenvalue weighted by atomic mass is 16.5. The van der Waals surface area contributed by atoms with Crippen LogP contribution in [-0.4, -0.2) is 42.0 Å². The van der Waals surface area contributed by atoms with Gasteiger partial charge in [-0.25, -0.2) is 4.99 Å². The lowest BCUT2D eigenvalue weighted by Gasteiger charge is -2.27. The summed E-state index contributed by atoms with van der Waals surface area (Å²) in [5.74, 6) is 1.11. The van der Waals surface area contributed by atoms with Crippen molar-refractivity contribution < 1.29 is 14.3 Å². The third-order valence-electron chi connectivity index (χ3n) is 5.48. The van der Waals surface area contributed by atoms with Crippen LogP contribution in [0.2, 0.25) is 0 Å². The fourth-order valence-corrected chi connectivity index (χ4v) is 3.92. The molecule has 1 aromatic heterocycles. The van der Waals surface area contributed by atoms with E-state index in [1.807, 2.05) is 68.4 Å². The van der Waals surface area contributed by atoms with E-state index in [4.69, 9.17) is 20.2 Å². The molecule has 1 unspecified atom stereocenters. The van der Waals surface area contributed by atoms with E-state index in [1.165, 1.54) is 4.90 Å². The van der Waals surface area contributed by atoms with Crippen LogP contribution in [-0.2, 0) is 10.3 Å². The van der Waals surface area contributed by atoms with Gasteiger partial charge in [0.1, 0.15) is 0 Å². The second-order valence-corrected chi connectivity index (χ2v) is 7.39. The summed E-state index contributed by atoms with van der Waals surface area (Å²) >= 11 is 0. The first kappa shape index (κ1) is 21.4. The average Bonchev–Trinajstić information content (AvgIpc) is 3.06. The maximum Gasteiger partial charge on any atom is 0.266 e. The number of amides is 1. The predicted molar refractivity (Wildman–Crippen MR) is 124 cm³/mol. The lowest BCUT2D eigenvalue weighted by atomic mass is 9.81. The van der Waals surface area contributed by atoms with Crippen molar-refractivity contribution in [3.8, 4) is 22.6 Å². The van der Waals surface area contributed by atoms with E-state index >= 15 is 0 Å². The van der Waals surface area contributed by atoms with Crippen LogP contribution in [0, 0.1) is 0 Å². The zero-order valence-corrected chi connectivity index (χ0v) is 18.4. The topological polar surface area (TPSA) is 90.0 Å². The summed E-state index contributed by atoms with van der Waals surface area (Å²) in [7, 11) is 1.63. The van der Waals surface area contributed by atoms with Gasteiger partial charge in [-0.2, -0.15) is 0 Å².